The van der Waals surface area contributed by atoms with Crippen LogP contribution < -0.4 is 0 Å². The van der Waals surface area contributed by atoms with Crippen molar-refractivity contribution in [3.05, 3.63) is 91.4 Å². The molecular formula is C19H12Cl4O5S. The molecule has 0 aliphatic heterocycles. The van der Waals surface area contributed by atoms with Crippen molar-refractivity contribution in [3.63, 3.8) is 0 Å². The minimum atomic E-state index is -5.11. The molecule has 29 heavy (non-hydrogen) atoms. The standard InChI is InChI=1S/C19H12Cl4O5S/c20-14-4-2-1-3-12(14)19(29(26,27)28,13-9-11(24)5-6-17(13)25)10-7-15(21)18(23)16(22)8-10/h1-9,24-25H,(H,26,27,28). The molecule has 10 heteroatoms. The highest BCUT2D eigenvalue weighted by Gasteiger charge is 2.51. The first-order valence-electron chi connectivity index (χ1n) is 7.89. The van der Waals surface area contributed by atoms with Crippen molar-refractivity contribution >= 4 is 56.5 Å². The zero-order valence-corrected chi connectivity index (χ0v) is 18.1. The summed E-state index contributed by atoms with van der Waals surface area (Å²) in [5, 5.41) is 20.3. The molecule has 0 aliphatic rings. The van der Waals surface area contributed by atoms with E-state index in [1.165, 1.54) is 30.3 Å². The minimum Gasteiger partial charge on any atom is -0.508 e. The van der Waals surface area contributed by atoms with Crippen LogP contribution in [0.4, 0.5) is 0 Å². The van der Waals surface area contributed by atoms with Gasteiger partial charge in [0.25, 0.3) is 10.1 Å². The molecule has 1 unspecified atom stereocenters. The molecule has 0 bridgehead atoms. The lowest BCUT2D eigenvalue weighted by Gasteiger charge is -2.34. The van der Waals surface area contributed by atoms with Crippen LogP contribution in [0.15, 0.2) is 54.6 Å². The van der Waals surface area contributed by atoms with Crippen molar-refractivity contribution < 1.29 is 23.2 Å². The van der Waals surface area contributed by atoms with Crippen LogP contribution in [0.3, 0.4) is 0 Å². The number of rotatable bonds is 4. The van der Waals surface area contributed by atoms with E-state index >= 15 is 0 Å². The highest BCUT2D eigenvalue weighted by molar-refractivity contribution is 7.87. The summed E-state index contributed by atoms with van der Waals surface area (Å²) < 4.78 is 33.9. The molecule has 3 aromatic rings. The Balaban J connectivity index is 2.63. The van der Waals surface area contributed by atoms with Crippen LogP contribution in [0.2, 0.25) is 20.1 Å². The molecule has 0 heterocycles. The highest BCUT2D eigenvalue weighted by Crippen LogP contribution is 2.51. The fraction of sp³-hybridized carbons (Fsp3) is 0.0526. The van der Waals surface area contributed by atoms with Crippen molar-refractivity contribution in [1.29, 1.82) is 0 Å². The second kappa shape index (κ2) is 7.87. The van der Waals surface area contributed by atoms with Gasteiger partial charge in [0.1, 0.15) is 11.5 Å². The molecule has 0 aromatic heterocycles. The number of phenolic OH excluding ortho intramolecular Hbond substituents is 2. The maximum Gasteiger partial charge on any atom is 0.283 e. The van der Waals surface area contributed by atoms with Gasteiger partial charge in [0.2, 0.25) is 0 Å². The summed E-state index contributed by atoms with van der Waals surface area (Å²) in [5.74, 6) is -0.883. The highest BCUT2D eigenvalue weighted by atomic mass is 35.5. The average Bonchev–Trinajstić information content (AvgIpc) is 2.63. The monoisotopic (exact) mass is 492 g/mol. The molecule has 152 valence electrons. The van der Waals surface area contributed by atoms with Gasteiger partial charge >= 0.3 is 0 Å². The molecular weight excluding hydrogens is 482 g/mol. The van der Waals surface area contributed by atoms with E-state index in [1.54, 1.807) is 6.07 Å². The SMILES string of the molecule is O=S(=O)(O)C(c1cc(Cl)c(Cl)c(Cl)c1)(c1cc(O)ccc1O)c1ccccc1Cl. The number of hydrogen-bond donors (Lipinski definition) is 3. The zero-order chi connectivity index (χ0) is 21.6. The van der Waals surface area contributed by atoms with Gasteiger partial charge in [0, 0.05) is 16.1 Å². The molecule has 3 aromatic carbocycles. The number of aromatic hydroxyl groups is 2. The Morgan fingerprint density at radius 1 is 0.759 bits per heavy atom. The Labute approximate surface area is 186 Å². The Morgan fingerprint density at radius 3 is 1.90 bits per heavy atom. The molecule has 0 saturated carbocycles. The van der Waals surface area contributed by atoms with Crippen LogP contribution in [-0.4, -0.2) is 23.2 Å². The average molecular weight is 494 g/mol. The van der Waals surface area contributed by atoms with Crippen LogP contribution in [0, 0.1) is 0 Å². The van der Waals surface area contributed by atoms with Gasteiger partial charge in [-0.3, -0.25) is 4.55 Å². The van der Waals surface area contributed by atoms with Gasteiger partial charge < -0.3 is 10.2 Å². The lowest BCUT2D eigenvalue weighted by Crippen LogP contribution is -2.38. The van der Waals surface area contributed by atoms with E-state index in [-0.39, 0.29) is 42.5 Å². The molecule has 3 rings (SSSR count). The number of benzene rings is 3. The first-order chi connectivity index (χ1) is 13.5. The molecule has 0 fully saturated rings. The Bertz CT molecular complexity index is 1190. The predicted octanol–water partition coefficient (Wildman–Crippen LogP) is 5.89. The second-order valence-electron chi connectivity index (χ2n) is 6.09. The third-order valence-corrected chi connectivity index (χ3v) is 7.37. The predicted molar refractivity (Wildman–Crippen MR) is 114 cm³/mol. The Kier molecular flexibility index (Phi) is 5.98. The van der Waals surface area contributed by atoms with Crippen molar-refractivity contribution in [2.75, 3.05) is 0 Å². The van der Waals surface area contributed by atoms with E-state index in [9.17, 15) is 23.2 Å². The summed E-state index contributed by atoms with van der Waals surface area (Å²) in [5.41, 5.74) is -0.601. The van der Waals surface area contributed by atoms with E-state index in [0.717, 1.165) is 18.2 Å². The second-order valence-corrected chi connectivity index (χ2v) is 9.25. The van der Waals surface area contributed by atoms with Crippen LogP contribution in [0.25, 0.3) is 0 Å². The van der Waals surface area contributed by atoms with Crippen molar-refractivity contribution in [1.82, 2.24) is 0 Å². The van der Waals surface area contributed by atoms with Crippen LogP contribution >= 0.6 is 46.4 Å². The van der Waals surface area contributed by atoms with Crippen LogP contribution in [0.1, 0.15) is 16.7 Å². The summed E-state index contributed by atoms with van der Waals surface area (Å²) in [4.78, 5) is 0. The summed E-state index contributed by atoms with van der Waals surface area (Å²) in [6.07, 6.45) is 0. The minimum absolute atomic E-state index is 0.0272. The lowest BCUT2D eigenvalue weighted by atomic mass is 9.83. The maximum absolute atomic E-state index is 13.0. The third kappa shape index (κ3) is 3.65. The fourth-order valence-corrected chi connectivity index (χ4v) is 5.44. The summed E-state index contributed by atoms with van der Waals surface area (Å²) >= 11 is 24.6. The van der Waals surface area contributed by atoms with Crippen molar-refractivity contribution in [2.24, 2.45) is 0 Å². The van der Waals surface area contributed by atoms with Gasteiger partial charge in [0.15, 0.2) is 4.75 Å². The Morgan fingerprint density at radius 2 is 1.34 bits per heavy atom. The van der Waals surface area contributed by atoms with Crippen LogP contribution in [-0.2, 0) is 14.9 Å². The third-order valence-electron chi connectivity index (χ3n) is 4.39. The number of halogens is 4. The van der Waals surface area contributed by atoms with E-state index in [0.29, 0.717) is 0 Å². The first kappa shape index (κ1) is 22.0. The summed E-state index contributed by atoms with van der Waals surface area (Å²) in [6, 6.07) is 11.5. The van der Waals surface area contributed by atoms with Gasteiger partial charge in [-0.15, -0.1) is 0 Å². The van der Waals surface area contributed by atoms with Gasteiger partial charge in [-0.25, -0.2) is 0 Å². The molecule has 0 amide bonds. The Hall–Kier alpha value is -1.67. The largest absolute Gasteiger partial charge is 0.508 e. The van der Waals surface area contributed by atoms with Crippen molar-refractivity contribution in [3.8, 4) is 11.5 Å². The molecule has 5 nitrogen and oxygen atoms in total. The van der Waals surface area contributed by atoms with E-state index in [2.05, 4.69) is 0 Å². The van der Waals surface area contributed by atoms with Gasteiger partial charge in [-0.1, -0.05) is 64.6 Å². The van der Waals surface area contributed by atoms with E-state index < -0.39 is 20.6 Å². The normalized spacial score (nSPS) is 13.8. The molecule has 1 atom stereocenters. The quantitative estimate of drug-likeness (QED) is 0.182. The fourth-order valence-electron chi connectivity index (χ4n) is 3.19. The number of phenols is 2. The molecule has 0 spiro atoms. The smallest absolute Gasteiger partial charge is 0.283 e. The van der Waals surface area contributed by atoms with Crippen molar-refractivity contribution in [2.45, 2.75) is 4.75 Å². The van der Waals surface area contributed by atoms with Crippen LogP contribution in [0.5, 0.6) is 11.5 Å². The zero-order valence-electron chi connectivity index (χ0n) is 14.3. The lowest BCUT2D eigenvalue weighted by molar-refractivity contribution is 0.434. The van der Waals surface area contributed by atoms with Gasteiger partial charge in [0.05, 0.1) is 15.1 Å². The number of hydrogen-bond acceptors (Lipinski definition) is 4. The maximum atomic E-state index is 13.0. The van der Waals surface area contributed by atoms with E-state index in [4.69, 9.17) is 46.4 Å². The first-order valence-corrected chi connectivity index (χ1v) is 10.8. The summed E-state index contributed by atoms with van der Waals surface area (Å²) in [7, 11) is -5.11. The molecule has 3 N–H and O–H groups in total. The topological polar surface area (TPSA) is 94.8 Å². The molecule has 0 aliphatic carbocycles. The van der Waals surface area contributed by atoms with E-state index in [1.807, 2.05) is 0 Å². The summed E-state index contributed by atoms with van der Waals surface area (Å²) in [6.45, 7) is 0. The van der Waals surface area contributed by atoms with Gasteiger partial charge in [-0.05, 0) is 42.0 Å². The van der Waals surface area contributed by atoms with Gasteiger partial charge in [-0.2, -0.15) is 8.42 Å². The molecule has 0 saturated heterocycles. The molecule has 0 radical (unpaired) electrons.